The Morgan fingerprint density at radius 2 is 1.79 bits per heavy atom. The molecule has 0 spiro atoms. The highest BCUT2D eigenvalue weighted by Crippen LogP contribution is 2.37. The highest BCUT2D eigenvalue weighted by molar-refractivity contribution is 7.21. The molecule has 0 fully saturated rings. The van der Waals surface area contributed by atoms with Gasteiger partial charge in [-0.3, -0.25) is 0 Å². The molecule has 0 unspecified atom stereocenters. The minimum Gasteiger partial charge on any atom is -0.497 e. The molecule has 0 aliphatic rings. The maximum atomic E-state index is 14.3. The first-order valence-electron chi connectivity index (χ1n) is 8.81. The summed E-state index contributed by atoms with van der Waals surface area (Å²) in [5.41, 5.74) is 2.56. The first-order chi connectivity index (χ1) is 13.9. The van der Waals surface area contributed by atoms with Crippen molar-refractivity contribution in [3.05, 3.63) is 41.8 Å². The van der Waals surface area contributed by atoms with Crippen molar-refractivity contribution >= 4 is 32.6 Å². The minimum absolute atomic E-state index is 0.232. The predicted octanol–water partition coefficient (Wildman–Crippen LogP) is 5.99. The molecule has 0 aliphatic carbocycles. The van der Waals surface area contributed by atoms with Crippen molar-refractivity contribution in [2.45, 2.75) is 27.4 Å². The molecule has 4 rings (SSSR count). The standard InChI is InChI=1S/C18H12F3N3O2S.C2H6/c1-8-3-10(15-12(4-8)23-14(7-22-15)26-18(20)21)17-24-16-11(19)5-9(25-2)6-13(16)27-17;1-2/h3-7,18H,1-2H3;1-2H3. The minimum atomic E-state index is -2.98. The van der Waals surface area contributed by atoms with Gasteiger partial charge in [0, 0.05) is 11.6 Å². The van der Waals surface area contributed by atoms with E-state index in [2.05, 4.69) is 19.7 Å². The van der Waals surface area contributed by atoms with Gasteiger partial charge < -0.3 is 9.47 Å². The lowest BCUT2D eigenvalue weighted by Gasteiger charge is -2.07. The molecule has 2 heterocycles. The molecule has 2 aromatic heterocycles. The Balaban J connectivity index is 0.00000117. The third-order valence-corrected chi connectivity index (χ3v) is 4.90. The van der Waals surface area contributed by atoms with E-state index in [9.17, 15) is 13.2 Å². The quantitative estimate of drug-likeness (QED) is 0.405. The average Bonchev–Trinajstić information content (AvgIpc) is 3.12. The molecule has 0 atom stereocenters. The summed E-state index contributed by atoms with van der Waals surface area (Å²) in [6, 6.07) is 6.53. The van der Waals surface area contributed by atoms with Gasteiger partial charge >= 0.3 is 6.61 Å². The van der Waals surface area contributed by atoms with Gasteiger partial charge in [-0.15, -0.1) is 11.3 Å². The Bertz CT molecular complexity index is 1160. The lowest BCUT2D eigenvalue weighted by Crippen LogP contribution is -2.04. The number of hydrogen-bond donors (Lipinski definition) is 0. The molecule has 0 radical (unpaired) electrons. The SMILES string of the molecule is CC.COc1cc(F)c2nc(-c3cc(C)cc4nc(OC(F)F)cnc34)sc2c1. The van der Waals surface area contributed by atoms with Crippen LogP contribution in [0.5, 0.6) is 11.6 Å². The number of fused-ring (bicyclic) bond motifs is 2. The number of alkyl halides is 2. The second-order valence-electron chi connectivity index (χ2n) is 5.74. The maximum Gasteiger partial charge on any atom is 0.388 e. The number of halogens is 3. The smallest absolute Gasteiger partial charge is 0.388 e. The van der Waals surface area contributed by atoms with E-state index in [1.165, 1.54) is 24.5 Å². The Kier molecular flexibility index (Phi) is 6.17. The van der Waals surface area contributed by atoms with Crippen LogP contribution in [0.1, 0.15) is 19.4 Å². The molecule has 4 aromatic rings. The van der Waals surface area contributed by atoms with Crippen molar-refractivity contribution in [1.82, 2.24) is 15.0 Å². The van der Waals surface area contributed by atoms with Crippen molar-refractivity contribution in [2.24, 2.45) is 0 Å². The number of aryl methyl sites for hydroxylation is 1. The summed E-state index contributed by atoms with van der Waals surface area (Å²) in [4.78, 5) is 12.7. The highest BCUT2D eigenvalue weighted by atomic mass is 32.1. The van der Waals surface area contributed by atoms with E-state index >= 15 is 0 Å². The maximum absolute atomic E-state index is 14.3. The molecule has 0 aliphatic heterocycles. The van der Waals surface area contributed by atoms with Crippen molar-refractivity contribution in [2.75, 3.05) is 7.11 Å². The van der Waals surface area contributed by atoms with E-state index in [0.29, 0.717) is 32.1 Å². The zero-order valence-corrected chi connectivity index (χ0v) is 17.0. The fourth-order valence-electron chi connectivity index (χ4n) is 2.76. The lowest BCUT2D eigenvalue weighted by molar-refractivity contribution is -0.0528. The molecular formula is C20H18F3N3O2S. The fraction of sp³-hybridized carbons (Fsp3) is 0.250. The molecule has 0 saturated heterocycles. The Morgan fingerprint density at radius 1 is 1.03 bits per heavy atom. The summed E-state index contributed by atoms with van der Waals surface area (Å²) < 4.78 is 49.1. The van der Waals surface area contributed by atoms with Crippen LogP contribution in [0.2, 0.25) is 0 Å². The Hall–Kier alpha value is -2.94. The van der Waals surface area contributed by atoms with Crippen LogP contribution >= 0.6 is 11.3 Å². The number of rotatable bonds is 4. The number of aromatic nitrogens is 3. The average molecular weight is 421 g/mol. The van der Waals surface area contributed by atoms with Crippen LogP contribution in [0.3, 0.4) is 0 Å². The van der Waals surface area contributed by atoms with E-state index in [0.717, 1.165) is 11.8 Å². The van der Waals surface area contributed by atoms with Gasteiger partial charge in [-0.25, -0.2) is 19.3 Å². The van der Waals surface area contributed by atoms with Gasteiger partial charge in [0.1, 0.15) is 16.3 Å². The van der Waals surface area contributed by atoms with Gasteiger partial charge in [0.25, 0.3) is 0 Å². The van der Waals surface area contributed by atoms with Crippen LogP contribution in [0.25, 0.3) is 31.8 Å². The molecular weight excluding hydrogens is 403 g/mol. The normalized spacial score (nSPS) is 10.9. The number of ether oxygens (including phenoxy) is 2. The molecule has 2 aromatic carbocycles. The van der Waals surface area contributed by atoms with Gasteiger partial charge in [-0.2, -0.15) is 8.78 Å². The van der Waals surface area contributed by atoms with E-state index in [1.54, 1.807) is 12.1 Å². The lowest BCUT2D eigenvalue weighted by atomic mass is 10.1. The van der Waals surface area contributed by atoms with Crippen LogP contribution in [0, 0.1) is 12.7 Å². The summed E-state index contributed by atoms with van der Waals surface area (Å²) in [7, 11) is 1.46. The van der Waals surface area contributed by atoms with Gasteiger partial charge in [-0.05, 0) is 30.7 Å². The Labute approximate surface area is 169 Å². The van der Waals surface area contributed by atoms with Crippen LogP contribution in [-0.4, -0.2) is 28.7 Å². The number of benzene rings is 2. The summed E-state index contributed by atoms with van der Waals surface area (Å²) in [5.74, 6) is -0.352. The fourth-order valence-corrected chi connectivity index (χ4v) is 3.78. The summed E-state index contributed by atoms with van der Waals surface area (Å²) in [5, 5.41) is 0.544. The first-order valence-corrected chi connectivity index (χ1v) is 9.63. The molecule has 0 saturated carbocycles. The molecule has 0 N–H and O–H groups in total. The number of nitrogens with zero attached hydrogens (tertiary/aromatic N) is 3. The summed E-state index contributed by atoms with van der Waals surface area (Å²) >= 11 is 1.28. The van der Waals surface area contributed by atoms with Crippen molar-refractivity contribution in [3.8, 4) is 22.2 Å². The number of methoxy groups -OCH3 is 1. The van der Waals surface area contributed by atoms with Gasteiger partial charge in [0.05, 0.1) is 29.0 Å². The molecule has 29 heavy (non-hydrogen) atoms. The number of hydrogen-bond acceptors (Lipinski definition) is 6. The van der Waals surface area contributed by atoms with E-state index in [1.807, 2.05) is 26.8 Å². The zero-order valence-electron chi connectivity index (χ0n) is 16.2. The second kappa shape index (κ2) is 8.60. The first kappa shape index (κ1) is 20.8. The van der Waals surface area contributed by atoms with Crippen LogP contribution < -0.4 is 9.47 Å². The topological polar surface area (TPSA) is 57.1 Å². The van der Waals surface area contributed by atoms with E-state index in [-0.39, 0.29) is 11.4 Å². The molecule has 9 heteroatoms. The third-order valence-electron chi connectivity index (χ3n) is 3.87. The van der Waals surface area contributed by atoms with E-state index < -0.39 is 12.4 Å². The molecule has 0 amide bonds. The summed E-state index contributed by atoms with van der Waals surface area (Å²) in [6.45, 7) is 2.85. The molecule has 0 bridgehead atoms. The van der Waals surface area contributed by atoms with Gasteiger partial charge in [-0.1, -0.05) is 13.8 Å². The largest absolute Gasteiger partial charge is 0.497 e. The number of thiazole rings is 1. The van der Waals surface area contributed by atoms with Crippen LogP contribution in [0.4, 0.5) is 13.2 Å². The highest BCUT2D eigenvalue weighted by Gasteiger charge is 2.17. The van der Waals surface area contributed by atoms with Crippen LogP contribution in [0.15, 0.2) is 30.5 Å². The second-order valence-corrected chi connectivity index (χ2v) is 6.77. The van der Waals surface area contributed by atoms with Crippen LogP contribution in [-0.2, 0) is 0 Å². The molecule has 5 nitrogen and oxygen atoms in total. The van der Waals surface area contributed by atoms with Crippen molar-refractivity contribution in [1.29, 1.82) is 0 Å². The van der Waals surface area contributed by atoms with Gasteiger partial charge in [0.15, 0.2) is 5.82 Å². The van der Waals surface area contributed by atoms with Crippen molar-refractivity contribution < 1.29 is 22.6 Å². The predicted molar refractivity (Wildman–Crippen MR) is 107 cm³/mol. The Morgan fingerprint density at radius 3 is 2.48 bits per heavy atom. The van der Waals surface area contributed by atoms with Crippen molar-refractivity contribution in [3.63, 3.8) is 0 Å². The zero-order chi connectivity index (χ0) is 21.1. The third kappa shape index (κ3) is 4.24. The molecule has 152 valence electrons. The monoisotopic (exact) mass is 421 g/mol. The van der Waals surface area contributed by atoms with E-state index in [4.69, 9.17) is 4.74 Å². The summed E-state index contributed by atoms with van der Waals surface area (Å²) in [6.07, 6.45) is 1.13. The van der Waals surface area contributed by atoms with Gasteiger partial charge in [0.2, 0.25) is 5.88 Å².